The fourth-order valence-corrected chi connectivity index (χ4v) is 3.02. The molecule has 0 radical (unpaired) electrons. The summed E-state index contributed by atoms with van der Waals surface area (Å²) in [5.74, 6) is 0.639. The average Bonchev–Trinajstić information content (AvgIpc) is 3.18. The Bertz CT molecular complexity index is 542. The molecule has 20 heavy (non-hydrogen) atoms. The lowest BCUT2D eigenvalue weighted by atomic mass is 10.1. The number of amides is 1. The standard InChI is InChI=1S/C15H20ClN3O/c1-2-5-19(8-9-3-4-9)13-7-12-10(6-11(13)16)14(17)15(20)18-12/h6-7,9,14H,2-5,8,17H2,1H3,(H,18,20). The second-order valence-corrected chi connectivity index (χ2v) is 6.15. The molecule has 108 valence electrons. The van der Waals surface area contributed by atoms with Gasteiger partial charge in [0.25, 0.3) is 0 Å². The summed E-state index contributed by atoms with van der Waals surface area (Å²) in [6.07, 6.45) is 3.70. The van der Waals surface area contributed by atoms with Crippen LogP contribution in [-0.2, 0) is 4.79 Å². The van der Waals surface area contributed by atoms with Crippen LogP contribution in [0.1, 0.15) is 37.8 Å². The molecule has 2 aliphatic rings. The van der Waals surface area contributed by atoms with Crippen LogP contribution in [0.5, 0.6) is 0 Å². The zero-order valence-electron chi connectivity index (χ0n) is 11.7. The smallest absolute Gasteiger partial charge is 0.245 e. The zero-order chi connectivity index (χ0) is 14.3. The van der Waals surface area contributed by atoms with E-state index >= 15 is 0 Å². The normalized spacial score (nSPS) is 20.8. The Hall–Kier alpha value is -1.26. The summed E-state index contributed by atoms with van der Waals surface area (Å²) in [6.45, 7) is 4.19. The van der Waals surface area contributed by atoms with Crippen LogP contribution in [0.25, 0.3) is 0 Å². The molecule has 1 heterocycles. The van der Waals surface area contributed by atoms with Gasteiger partial charge in [-0.1, -0.05) is 18.5 Å². The van der Waals surface area contributed by atoms with Gasteiger partial charge >= 0.3 is 0 Å². The topological polar surface area (TPSA) is 58.4 Å². The Morgan fingerprint density at radius 1 is 1.45 bits per heavy atom. The number of carbonyl (C=O) groups excluding carboxylic acids is 1. The number of nitrogens with two attached hydrogens (primary N) is 1. The third kappa shape index (κ3) is 2.50. The Morgan fingerprint density at radius 2 is 2.20 bits per heavy atom. The second-order valence-electron chi connectivity index (χ2n) is 5.75. The number of benzene rings is 1. The number of anilines is 2. The minimum atomic E-state index is -0.598. The van der Waals surface area contributed by atoms with E-state index < -0.39 is 6.04 Å². The van der Waals surface area contributed by atoms with Crippen LogP contribution in [0.15, 0.2) is 12.1 Å². The van der Waals surface area contributed by atoms with Crippen LogP contribution in [0, 0.1) is 5.92 Å². The Kier molecular flexibility index (Phi) is 3.61. The number of hydrogen-bond donors (Lipinski definition) is 2. The summed E-state index contributed by atoms with van der Waals surface area (Å²) in [7, 11) is 0. The number of carbonyl (C=O) groups is 1. The largest absolute Gasteiger partial charge is 0.370 e. The van der Waals surface area contributed by atoms with Gasteiger partial charge in [-0.05, 0) is 37.3 Å². The molecule has 5 heteroatoms. The van der Waals surface area contributed by atoms with Gasteiger partial charge in [0.05, 0.1) is 10.7 Å². The van der Waals surface area contributed by atoms with E-state index in [-0.39, 0.29) is 5.91 Å². The minimum Gasteiger partial charge on any atom is -0.370 e. The molecule has 0 spiro atoms. The summed E-state index contributed by atoms with van der Waals surface area (Å²) < 4.78 is 0. The van der Waals surface area contributed by atoms with E-state index in [9.17, 15) is 4.79 Å². The molecule has 3 rings (SSSR count). The van der Waals surface area contributed by atoms with E-state index in [1.54, 1.807) is 0 Å². The summed E-state index contributed by atoms with van der Waals surface area (Å²) in [5, 5.41) is 3.52. The molecule has 3 N–H and O–H groups in total. The molecule has 1 unspecified atom stereocenters. The highest BCUT2D eigenvalue weighted by Crippen LogP contribution is 2.40. The monoisotopic (exact) mass is 293 g/mol. The fraction of sp³-hybridized carbons (Fsp3) is 0.533. The number of halogens is 1. The molecular formula is C15H20ClN3O. The maximum atomic E-state index is 11.6. The van der Waals surface area contributed by atoms with Crippen LogP contribution >= 0.6 is 11.6 Å². The predicted octanol–water partition coefficient (Wildman–Crippen LogP) is 2.92. The molecule has 1 fully saturated rings. The van der Waals surface area contributed by atoms with Crippen molar-refractivity contribution in [1.82, 2.24) is 0 Å². The molecule has 0 saturated heterocycles. The highest BCUT2D eigenvalue weighted by molar-refractivity contribution is 6.33. The van der Waals surface area contributed by atoms with Crippen molar-refractivity contribution in [3.05, 3.63) is 22.7 Å². The predicted molar refractivity (Wildman–Crippen MR) is 82.2 cm³/mol. The molecule has 1 atom stereocenters. The lowest BCUT2D eigenvalue weighted by Gasteiger charge is -2.26. The van der Waals surface area contributed by atoms with E-state index in [0.29, 0.717) is 5.02 Å². The molecule has 1 aliphatic heterocycles. The maximum Gasteiger partial charge on any atom is 0.245 e. The van der Waals surface area contributed by atoms with Crippen molar-refractivity contribution in [2.24, 2.45) is 11.7 Å². The number of nitrogens with zero attached hydrogens (tertiary/aromatic N) is 1. The van der Waals surface area contributed by atoms with Crippen LogP contribution in [0.4, 0.5) is 11.4 Å². The first-order chi connectivity index (χ1) is 9.60. The fourth-order valence-electron chi connectivity index (χ4n) is 2.73. The van der Waals surface area contributed by atoms with E-state index in [4.69, 9.17) is 17.3 Å². The van der Waals surface area contributed by atoms with Crippen molar-refractivity contribution in [1.29, 1.82) is 0 Å². The molecule has 0 aromatic heterocycles. The third-order valence-electron chi connectivity index (χ3n) is 4.00. The van der Waals surface area contributed by atoms with Gasteiger partial charge in [-0.2, -0.15) is 0 Å². The van der Waals surface area contributed by atoms with E-state index in [2.05, 4.69) is 17.1 Å². The van der Waals surface area contributed by atoms with Crippen molar-refractivity contribution >= 4 is 28.9 Å². The third-order valence-corrected chi connectivity index (χ3v) is 4.31. The number of rotatable bonds is 5. The van der Waals surface area contributed by atoms with E-state index in [1.165, 1.54) is 12.8 Å². The molecule has 4 nitrogen and oxygen atoms in total. The average molecular weight is 294 g/mol. The van der Waals surface area contributed by atoms with Crippen LogP contribution in [0.3, 0.4) is 0 Å². The Balaban J connectivity index is 1.92. The molecule has 1 saturated carbocycles. The zero-order valence-corrected chi connectivity index (χ0v) is 12.4. The van der Waals surface area contributed by atoms with Crippen LogP contribution < -0.4 is 16.0 Å². The first kappa shape index (κ1) is 13.7. The first-order valence-electron chi connectivity index (χ1n) is 7.25. The van der Waals surface area contributed by atoms with E-state index in [0.717, 1.165) is 42.4 Å². The molecule has 0 bridgehead atoms. The van der Waals surface area contributed by atoms with Crippen molar-refractivity contribution < 1.29 is 4.79 Å². The van der Waals surface area contributed by atoms with Crippen molar-refractivity contribution in [3.8, 4) is 0 Å². The van der Waals surface area contributed by atoms with Crippen LogP contribution in [0.2, 0.25) is 5.02 Å². The maximum absolute atomic E-state index is 11.6. The highest BCUT2D eigenvalue weighted by Gasteiger charge is 2.30. The Labute approximate surface area is 124 Å². The molecule has 1 aromatic rings. The van der Waals surface area contributed by atoms with Gasteiger partial charge in [-0.15, -0.1) is 0 Å². The molecule has 1 amide bonds. The Morgan fingerprint density at radius 3 is 2.85 bits per heavy atom. The first-order valence-corrected chi connectivity index (χ1v) is 7.62. The molecular weight excluding hydrogens is 274 g/mol. The quantitative estimate of drug-likeness (QED) is 0.877. The van der Waals surface area contributed by atoms with Gasteiger partial charge in [-0.3, -0.25) is 4.79 Å². The summed E-state index contributed by atoms with van der Waals surface area (Å²) in [5.41, 5.74) is 8.46. The molecule has 1 aliphatic carbocycles. The van der Waals surface area contributed by atoms with Gasteiger partial charge < -0.3 is 16.0 Å². The van der Waals surface area contributed by atoms with Crippen LogP contribution in [-0.4, -0.2) is 19.0 Å². The van der Waals surface area contributed by atoms with Gasteiger partial charge in [0, 0.05) is 24.3 Å². The number of fused-ring (bicyclic) bond motifs is 1. The summed E-state index contributed by atoms with van der Waals surface area (Å²) >= 11 is 6.42. The SMILES string of the molecule is CCCN(CC1CC1)c1cc2c(cc1Cl)C(N)C(=O)N2. The number of nitrogens with one attached hydrogen (secondary N) is 1. The van der Waals surface area contributed by atoms with Crippen molar-refractivity contribution in [2.45, 2.75) is 32.2 Å². The highest BCUT2D eigenvalue weighted by atomic mass is 35.5. The summed E-state index contributed by atoms with van der Waals surface area (Å²) in [4.78, 5) is 14.0. The van der Waals surface area contributed by atoms with E-state index in [1.807, 2.05) is 12.1 Å². The second kappa shape index (κ2) is 5.26. The minimum absolute atomic E-state index is 0.155. The summed E-state index contributed by atoms with van der Waals surface area (Å²) in [6, 6.07) is 3.21. The van der Waals surface area contributed by atoms with Gasteiger partial charge in [-0.25, -0.2) is 0 Å². The molecule has 1 aromatic carbocycles. The number of hydrogen-bond acceptors (Lipinski definition) is 3. The lowest BCUT2D eigenvalue weighted by Crippen LogP contribution is -2.26. The van der Waals surface area contributed by atoms with Crippen molar-refractivity contribution in [3.63, 3.8) is 0 Å². The van der Waals surface area contributed by atoms with Gasteiger partial charge in [0.1, 0.15) is 6.04 Å². The van der Waals surface area contributed by atoms with Gasteiger partial charge in [0.15, 0.2) is 0 Å². The van der Waals surface area contributed by atoms with Crippen molar-refractivity contribution in [2.75, 3.05) is 23.3 Å². The lowest BCUT2D eigenvalue weighted by molar-refractivity contribution is -0.116. The van der Waals surface area contributed by atoms with Gasteiger partial charge in [0.2, 0.25) is 5.91 Å².